The van der Waals surface area contributed by atoms with Gasteiger partial charge in [-0.1, -0.05) is 29.8 Å². The van der Waals surface area contributed by atoms with E-state index in [1.807, 2.05) is 31.3 Å². The Hall–Kier alpha value is -2.03. The maximum absolute atomic E-state index is 4.42. The second kappa shape index (κ2) is 7.11. The number of pyridine rings is 1. The highest BCUT2D eigenvalue weighted by atomic mass is 15.2. The van der Waals surface area contributed by atoms with Gasteiger partial charge in [-0.25, -0.2) is 4.98 Å². The van der Waals surface area contributed by atoms with Crippen molar-refractivity contribution in [2.24, 2.45) is 0 Å². The van der Waals surface area contributed by atoms with Gasteiger partial charge in [-0.15, -0.1) is 0 Å². The molecule has 0 saturated carbocycles. The van der Waals surface area contributed by atoms with Crippen LogP contribution in [0.3, 0.4) is 0 Å². The zero-order valence-electron chi connectivity index (χ0n) is 13.4. The number of aromatic nitrogens is 1. The molecule has 1 atom stereocenters. The van der Waals surface area contributed by atoms with Crippen molar-refractivity contribution in [3.63, 3.8) is 0 Å². The highest BCUT2D eigenvalue weighted by Crippen LogP contribution is 2.22. The number of benzene rings is 1. The van der Waals surface area contributed by atoms with Crippen LogP contribution in [0, 0.1) is 6.92 Å². The molecular weight excluding hydrogens is 258 g/mol. The molecule has 0 aliphatic carbocycles. The molecule has 0 aliphatic rings. The topological polar surface area (TPSA) is 28.2 Å². The van der Waals surface area contributed by atoms with Crippen LogP contribution >= 0.6 is 0 Å². The molecule has 0 spiro atoms. The van der Waals surface area contributed by atoms with Gasteiger partial charge in [-0.3, -0.25) is 0 Å². The first kappa shape index (κ1) is 15.4. The summed E-state index contributed by atoms with van der Waals surface area (Å²) >= 11 is 0. The van der Waals surface area contributed by atoms with E-state index < -0.39 is 0 Å². The molecule has 1 aromatic heterocycles. The lowest BCUT2D eigenvalue weighted by atomic mass is 10.0. The minimum absolute atomic E-state index is 0.411. The fourth-order valence-corrected chi connectivity index (χ4v) is 2.45. The van der Waals surface area contributed by atoms with Gasteiger partial charge in [-0.05, 0) is 44.4 Å². The Morgan fingerprint density at radius 1 is 1.19 bits per heavy atom. The molecule has 2 aromatic rings. The third-order valence-corrected chi connectivity index (χ3v) is 3.56. The molecule has 0 fully saturated rings. The zero-order valence-corrected chi connectivity index (χ0v) is 13.4. The summed E-state index contributed by atoms with van der Waals surface area (Å²) in [5, 5.41) is 3.57. The SMILES string of the molecule is Cc1cccc(CCC(C)Nc2cccnc2N(C)C)c1. The first-order chi connectivity index (χ1) is 10.1. The van der Waals surface area contributed by atoms with E-state index in [0.29, 0.717) is 6.04 Å². The van der Waals surface area contributed by atoms with Crippen LogP contribution in [0.2, 0.25) is 0 Å². The number of hydrogen-bond donors (Lipinski definition) is 1. The van der Waals surface area contributed by atoms with Crippen molar-refractivity contribution in [1.82, 2.24) is 4.98 Å². The Morgan fingerprint density at radius 3 is 2.71 bits per heavy atom. The van der Waals surface area contributed by atoms with E-state index in [9.17, 15) is 0 Å². The molecule has 112 valence electrons. The van der Waals surface area contributed by atoms with Gasteiger partial charge in [0, 0.05) is 26.3 Å². The van der Waals surface area contributed by atoms with Crippen LogP contribution < -0.4 is 10.2 Å². The predicted molar refractivity (Wildman–Crippen MR) is 91.1 cm³/mol. The number of anilines is 2. The molecule has 1 aromatic carbocycles. The van der Waals surface area contributed by atoms with Gasteiger partial charge in [0.1, 0.15) is 0 Å². The second-order valence-corrected chi connectivity index (χ2v) is 5.84. The Bertz CT molecular complexity index is 578. The first-order valence-corrected chi connectivity index (χ1v) is 7.50. The smallest absolute Gasteiger partial charge is 0.151 e. The lowest BCUT2D eigenvalue weighted by molar-refractivity contribution is 0.705. The van der Waals surface area contributed by atoms with Crippen LogP contribution in [0.5, 0.6) is 0 Å². The average Bonchev–Trinajstić information content (AvgIpc) is 2.45. The van der Waals surface area contributed by atoms with E-state index in [4.69, 9.17) is 0 Å². The first-order valence-electron chi connectivity index (χ1n) is 7.50. The molecule has 0 radical (unpaired) electrons. The maximum atomic E-state index is 4.42. The predicted octanol–water partition coefficient (Wildman–Crippen LogP) is 3.89. The van der Waals surface area contributed by atoms with E-state index in [1.165, 1.54) is 11.1 Å². The molecule has 0 bridgehead atoms. The van der Waals surface area contributed by atoms with Gasteiger partial charge in [0.2, 0.25) is 0 Å². The van der Waals surface area contributed by atoms with Crippen molar-refractivity contribution in [3.8, 4) is 0 Å². The number of rotatable bonds is 6. The van der Waals surface area contributed by atoms with Crippen LogP contribution in [0.1, 0.15) is 24.5 Å². The lowest BCUT2D eigenvalue weighted by Crippen LogP contribution is -2.20. The summed E-state index contributed by atoms with van der Waals surface area (Å²) in [5.41, 5.74) is 3.83. The number of nitrogens with zero attached hydrogens (tertiary/aromatic N) is 2. The second-order valence-electron chi connectivity index (χ2n) is 5.84. The number of hydrogen-bond acceptors (Lipinski definition) is 3. The van der Waals surface area contributed by atoms with Crippen molar-refractivity contribution in [1.29, 1.82) is 0 Å². The summed E-state index contributed by atoms with van der Waals surface area (Å²) in [7, 11) is 4.04. The molecular formula is C18H25N3. The molecule has 2 rings (SSSR count). The van der Waals surface area contributed by atoms with E-state index >= 15 is 0 Å². The summed E-state index contributed by atoms with van der Waals surface area (Å²) in [6.45, 7) is 4.37. The van der Waals surface area contributed by atoms with Crippen LogP contribution in [0.15, 0.2) is 42.6 Å². The molecule has 3 heteroatoms. The fourth-order valence-electron chi connectivity index (χ4n) is 2.45. The van der Waals surface area contributed by atoms with Gasteiger partial charge in [-0.2, -0.15) is 0 Å². The number of aryl methyl sites for hydroxylation is 2. The monoisotopic (exact) mass is 283 g/mol. The average molecular weight is 283 g/mol. The molecule has 21 heavy (non-hydrogen) atoms. The highest BCUT2D eigenvalue weighted by Gasteiger charge is 2.08. The third-order valence-electron chi connectivity index (χ3n) is 3.56. The van der Waals surface area contributed by atoms with E-state index in [2.05, 4.69) is 54.5 Å². The number of nitrogens with one attached hydrogen (secondary N) is 1. The molecule has 1 heterocycles. The molecule has 3 nitrogen and oxygen atoms in total. The van der Waals surface area contributed by atoms with Crippen molar-refractivity contribution in [3.05, 3.63) is 53.7 Å². The molecule has 0 saturated heterocycles. The zero-order chi connectivity index (χ0) is 15.2. The third kappa shape index (κ3) is 4.48. The van der Waals surface area contributed by atoms with Crippen LogP contribution in [0.4, 0.5) is 11.5 Å². The highest BCUT2D eigenvalue weighted by molar-refractivity contribution is 5.65. The van der Waals surface area contributed by atoms with Gasteiger partial charge >= 0.3 is 0 Å². The van der Waals surface area contributed by atoms with Gasteiger partial charge in [0.25, 0.3) is 0 Å². The van der Waals surface area contributed by atoms with E-state index in [0.717, 1.165) is 24.3 Å². The summed E-state index contributed by atoms with van der Waals surface area (Å²) in [6, 6.07) is 13.2. The maximum Gasteiger partial charge on any atom is 0.151 e. The van der Waals surface area contributed by atoms with Gasteiger partial charge in [0.05, 0.1) is 5.69 Å². The van der Waals surface area contributed by atoms with Crippen LogP contribution in [-0.4, -0.2) is 25.1 Å². The van der Waals surface area contributed by atoms with Crippen LogP contribution in [-0.2, 0) is 6.42 Å². The molecule has 1 N–H and O–H groups in total. The quantitative estimate of drug-likeness (QED) is 0.871. The standard InChI is InChI=1S/C18H25N3/c1-14-7-5-8-16(13-14)11-10-15(2)20-17-9-6-12-19-18(17)21(3)4/h5-9,12-13,15,20H,10-11H2,1-4H3. The molecule has 0 amide bonds. The summed E-state index contributed by atoms with van der Waals surface area (Å²) < 4.78 is 0. The minimum Gasteiger partial charge on any atom is -0.380 e. The minimum atomic E-state index is 0.411. The fraction of sp³-hybridized carbons (Fsp3) is 0.389. The van der Waals surface area contributed by atoms with E-state index in [1.54, 1.807) is 0 Å². The Labute approximate surface area is 128 Å². The van der Waals surface area contributed by atoms with Gasteiger partial charge < -0.3 is 10.2 Å². The molecule has 1 unspecified atom stereocenters. The normalized spacial score (nSPS) is 12.0. The van der Waals surface area contributed by atoms with E-state index in [-0.39, 0.29) is 0 Å². The van der Waals surface area contributed by atoms with Gasteiger partial charge in [0.15, 0.2) is 5.82 Å². The van der Waals surface area contributed by atoms with Crippen LogP contribution in [0.25, 0.3) is 0 Å². The Morgan fingerprint density at radius 2 is 2.00 bits per heavy atom. The Kier molecular flexibility index (Phi) is 5.20. The summed E-state index contributed by atoms with van der Waals surface area (Å²) in [6.07, 6.45) is 4.02. The summed E-state index contributed by atoms with van der Waals surface area (Å²) in [4.78, 5) is 6.46. The van der Waals surface area contributed by atoms with Crippen molar-refractivity contribution < 1.29 is 0 Å². The summed E-state index contributed by atoms with van der Waals surface area (Å²) in [5.74, 6) is 0.986. The molecule has 0 aliphatic heterocycles. The largest absolute Gasteiger partial charge is 0.380 e. The van der Waals surface area contributed by atoms with Crippen molar-refractivity contribution >= 4 is 11.5 Å². The Balaban J connectivity index is 1.94. The van der Waals surface area contributed by atoms with Crippen molar-refractivity contribution in [2.75, 3.05) is 24.3 Å². The van der Waals surface area contributed by atoms with Crippen molar-refractivity contribution in [2.45, 2.75) is 32.7 Å². The lowest BCUT2D eigenvalue weighted by Gasteiger charge is -2.20.